The number of imide groups is 1. The first-order chi connectivity index (χ1) is 17.9. The third kappa shape index (κ3) is 4.09. The molecular formula is C30H30N2O5. The summed E-state index contributed by atoms with van der Waals surface area (Å²) in [7, 11) is 2.95. The highest BCUT2D eigenvalue weighted by Crippen LogP contribution is 2.50. The Balaban J connectivity index is 1.56. The van der Waals surface area contributed by atoms with Gasteiger partial charge in [-0.3, -0.25) is 24.6 Å². The third-order valence-corrected chi connectivity index (χ3v) is 7.63. The fraction of sp³-hybridized carbons (Fsp3) is 0.300. The van der Waals surface area contributed by atoms with E-state index in [4.69, 9.17) is 9.47 Å². The normalized spacial score (nSPS) is 24.7. The van der Waals surface area contributed by atoms with Gasteiger partial charge in [-0.2, -0.15) is 0 Å². The molecular weight excluding hydrogens is 468 g/mol. The van der Waals surface area contributed by atoms with Crippen molar-refractivity contribution < 1.29 is 23.9 Å². The second-order valence-electron chi connectivity index (χ2n) is 9.52. The Kier molecular flexibility index (Phi) is 6.56. The number of hydrogen-bond donors (Lipinski definition) is 1. The van der Waals surface area contributed by atoms with Crippen LogP contribution in [0.1, 0.15) is 24.1 Å². The number of carbonyl (C=O) groups is 3. The summed E-state index contributed by atoms with van der Waals surface area (Å²) in [6.07, 6.45) is 0.235. The van der Waals surface area contributed by atoms with Crippen molar-refractivity contribution >= 4 is 17.8 Å². The van der Waals surface area contributed by atoms with Crippen LogP contribution in [-0.2, 0) is 25.5 Å². The van der Waals surface area contributed by atoms with Crippen LogP contribution in [0.5, 0.6) is 5.75 Å². The molecule has 190 valence electrons. The molecule has 3 aromatic carbocycles. The zero-order valence-corrected chi connectivity index (χ0v) is 21.1. The zero-order valence-electron chi connectivity index (χ0n) is 21.1. The van der Waals surface area contributed by atoms with Crippen LogP contribution in [0, 0.1) is 11.8 Å². The van der Waals surface area contributed by atoms with Crippen molar-refractivity contribution in [2.24, 2.45) is 11.8 Å². The van der Waals surface area contributed by atoms with Crippen LogP contribution in [0.15, 0.2) is 78.9 Å². The van der Waals surface area contributed by atoms with Crippen LogP contribution in [0.25, 0.3) is 11.1 Å². The summed E-state index contributed by atoms with van der Waals surface area (Å²) in [6, 6.07) is 24.7. The molecule has 0 aromatic heterocycles. The lowest BCUT2D eigenvalue weighted by Gasteiger charge is -2.32. The molecule has 2 saturated heterocycles. The number of esters is 1. The Morgan fingerprint density at radius 3 is 2.08 bits per heavy atom. The van der Waals surface area contributed by atoms with E-state index in [0.29, 0.717) is 0 Å². The number of methoxy groups -OCH3 is 2. The topological polar surface area (TPSA) is 84.9 Å². The number of nitrogens with one attached hydrogen (secondary N) is 1. The summed E-state index contributed by atoms with van der Waals surface area (Å²) < 4.78 is 10.5. The first-order valence-corrected chi connectivity index (χ1v) is 12.4. The maximum atomic E-state index is 13.6. The number of rotatable bonds is 7. The van der Waals surface area contributed by atoms with Crippen molar-refractivity contribution in [3.63, 3.8) is 0 Å². The first kappa shape index (κ1) is 24.7. The molecule has 0 unspecified atom stereocenters. The molecule has 3 aromatic rings. The summed E-state index contributed by atoms with van der Waals surface area (Å²) >= 11 is 0. The number of carbonyl (C=O) groups excluding carboxylic acids is 3. The van der Waals surface area contributed by atoms with Crippen molar-refractivity contribution in [1.29, 1.82) is 0 Å². The number of hydrogen-bond acceptors (Lipinski definition) is 6. The molecule has 2 aliphatic rings. The standard InChI is InChI=1S/C30H30N2O5/c1-4-32-27(33)24-25(28(32)34)30(29(35)37-3,18-19-8-6-5-7-9-19)31-26(24)22-12-10-20(11-13-22)21-14-16-23(36-2)17-15-21/h5-17,24-26,31H,4,18H2,1-3H3/t24-,25-,26-,30-/m1/s1. The molecule has 37 heavy (non-hydrogen) atoms. The minimum Gasteiger partial charge on any atom is -0.497 e. The van der Waals surface area contributed by atoms with Crippen LogP contribution in [0.2, 0.25) is 0 Å². The molecule has 0 saturated carbocycles. The SMILES string of the molecule is CCN1C(=O)[C@H]2[C@@H](c3ccc(-c4ccc(OC)cc4)cc3)N[C@@](Cc3ccccc3)(C(=O)OC)[C@H]2C1=O. The predicted molar refractivity (Wildman–Crippen MR) is 139 cm³/mol. The summed E-state index contributed by atoms with van der Waals surface area (Å²) in [4.78, 5) is 41.8. The molecule has 0 bridgehead atoms. The van der Waals surface area contributed by atoms with Gasteiger partial charge >= 0.3 is 5.97 Å². The van der Waals surface area contributed by atoms with Crippen molar-refractivity contribution in [2.45, 2.75) is 24.9 Å². The van der Waals surface area contributed by atoms with Gasteiger partial charge in [0.1, 0.15) is 11.3 Å². The van der Waals surface area contributed by atoms with Gasteiger partial charge in [0.25, 0.3) is 0 Å². The van der Waals surface area contributed by atoms with E-state index in [1.165, 1.54) is 12.0 Å². The van der Waals surface area contributed by atoms with Crippen molar-refractivity contribution in [3.8, 4) is 16.9 Å². The smallest absolute Gasteiger partial charge is 0.327 e. The number of fused-ring (bicyclic) bond motifs is 1. The van der Waals surface area contributed by atoms with Crippen LogP contribution < -0.4 is 10.1 Å². The summed E-state index contributed by atoms with van der Waals surface area (Å²) in [5, 5.41) is 3.44. The lowest BCUT2D eigenvalue weighted by atomic mass is 9.76. The molecule has 0 aliphatic carbocycles. The molecule has 1 N–H and O–H groups in total. The van der Waals surface area contributed by atoms with Crippen molar-refractivity contribution in [1.82, 2.24) is 10.2 Å². The molecule has 7 heteroatoms. The van der Waals surface area contributed by atoms with Crippen LogP contribution in [0.4, 0.5) is 0 Å². The number of nitrogens with zero attached hydrogens (tertiary/aromatic N) is 1. The Morgan fingerprint density at radius 2 is 1.51 bits per heavy atom. The van der Waals surface area contributed by atoms with E-state index < -0.39 is 29.4 Å². The van der Waals surface area contributed by atoms with Gasteiger partial charge in [-0.15, -0.1) is 0 Å². The minimum atomic E-state index is -1.36. The molecule has 2 fully saturated rings. The number of amides is 2. The second-order valence-corrected chi connectivity index (χ2v) is 9.52. The van der Waals surface area contributed by atoms with Gasteiger partial charge in [-0.25, -0.2) is 0 Å². The number of ether oxygens (including phenoxy) is 2. The first-order valence-electron chi connectivity index (χ1n) is 12.4. The van der Waals surface area contributed by atoms with Gasteiger partial charge in [0.15, 0.2) is 0 Å². The average molecular weight is 499 g/mol. The quantitative estimate of drug-likeness (QED) is 0.394. The maximum absolute atomic E-state index is 13.6. The summed E-state index contributed by atoms with van der Waals surface area (Å²) in [5.41, 5.74) is 2.39. The molecule has 0 radical (unpaired) electrons. The van der Waals surface area contributed by atoms with Gasteiger partial charge in [-0.1, -0.05) is 66.7 Å². The average Bonchev–Trinajstić information content (AvgIpc) is 3.42. The molecule has 2 amide bonds. The highest BCUT2D eigenvalue weighted by atomic mass is 16.5. The number of likely N-dealkylation sites (tertiary alicyclic amines) is 1. The third-order valence-electron chi connectivity index (χ3n) is 7.63. The maximum Gasteiger partial charge on any atom is 0.327 e. The fourth-order valence-electron chi connectivity index (χ4n) is 5.85. The Bertz CT molecular complexity index is 1310. The predicted octanol–water partition coefficient (Wildman–Crippen LogP) is 3.78. The van der Waals surface area contributed by atoms with Crippen LogP contribution in [0.3, 0.4) is 0 Å². The molecule has 2 heterocycles. The van der Waals surface area contributed by atoms with Crippen LogP contribution >= 0.6 is 0 Å². The van der Waals surface area contributed by atoms with E-state index in [1.54, 1.807) is 14.0 Å². The molecule has 0 spiro atoms. The van der Waals surface area contributed by atoms with E-state index in [-0.39, 0.29) is 24.8 Å². The van der Waals surface area contributed by atoms with E-state index in [0.717, 1.165) is 28.0 Å². The van der Waals surface area contributed by atoms with Crippen molar-refractivity contribution in [3.05, 3.63) is 90.0 Å². The lowest BCUT2D eigenvalue weighted by molar-refractivity contribution is -0.154. The molecule has 7 nitrogen and oxygen atoms in total. The largest absolute Gasteiger partial charge is 0.497 e. The van der Waals surface area contributed by atoms with Gasteiger partial charge < -0.3 is 9.47 Å². The molecule has 2 aliphatic heterocycles. The van der Waals surface area contributed by atoms with E-state index in [9.17, 15) is 14.4 Å². The molecule has 5 rings (SSSR count). The van der Waals surface area contributed by atoms with Gasteiger partial charge in [-0.05, 0) is 41.3 Å². The number of benzene rings is 3. The Morgan fingerprint density at radius 1 is 0.892 bits per heavy atom. The van der Waals surface area contributed by atoms with Gasteiger partial charge in [0.2, 0.25) is 11.8 Å². The monoisotopic (exact) mass is 498 g/mol. The second kappa shape index (κ2) is 9.82. The summed E-state index contributed by atoms with van der Waals surface area (Å²) in [6.45, 7) is 2.04. The Labute approximate surface area is 216 Å². The van der Waals surface area contributed by atoms with E-state index >= 15 is 0 Å². The highest BCUT2D eigenvalue weighted by molar-refractivity contribution is 6.09. The lowest BCUT2D eigenvalue weighted by Crippen LogP contribution is -2.57. The van der Waals surface area contributed by atoms with Gasteiger partial charge in [0, 0.05) is 19.0 Å². The van der Waals surface area contributed by atoms with Crippen molar-refractivity contribution in [2.75, 3.05) is 20.8 Å². The van der Waals surface area contributed by atoms with E-state index in [2.05, 4.69) is 5.32 Å². The fourth-order valence-corrected chi connectivity index (χ4v) is 5.85. The zero-order chi connectivity index (χ0) is 26.2. The highest BCUT2D eigenvalue weighted by Gasteiger charge is 2.68. The Hall–Kier alpha value is -3.97. The molecule has 4 atom stereocenters. The van der Waals surface area contributed by atoms with Gasteiger partial charge in [0.05, 0.1) is 26.1 Å². The van der Waals surface area contributed by atoms with Crippen LogP contribution in [-0.4, -0.2) is 49.0 Å². The summed E-state index contributed by atoms with van der Waals surface area (Å²) in [5.74, 6) is -1.91. The van der Waals surface area contributed by atoms with E-state index in [1.807, 2.05) is 78.9 Å². The minimum absolute atomic E-state index is 0.235.